The van der Waals surface area contributed by atoms with E-state index in [1.807, 2.05) is 26.0 Å². The zero-order valence-electron chi connectivity index (χ0n) is 42.2. The molecule has 0 fully saturated rings. The number of ether oxygens (including phenoxy) is 5. The standard InChI is InChI=1S/C57H68N2O13.Yb/c1-6-8-24-68-26-16-22-58(56(66)42-18-12-10-13-19-42)34-44-28-39(3)30-46(53(44)70-36-50(60)61)48-32-41(5)33-49(55(48)72-38-52(64)65)47-31-40(4)29-45(54(47)71-37-51(62)63)35-59(23-17-27-69-25-9-7-2)57(67)43-20-14-11-15-21-43;/h10-15,18-21,28-33H,6-9,16-17,22-27,34-38H2,1-5H3,(H,60,61)(H,62,63)(H,64,65);/q;+3/p-3. The summed E-state index contributed by atoms with van der Waals surface area (Å²) in [5, 5.41) is 36.5. The van der Waals surface area contributed by atoms with Crippen molar-refractivity contribution in [1.29, 1.82) is 0 Å². The smallest absolute Gasteiger partial charge is 0.546 e. The number of hydrogen-bond donors (Lipinski definition) is 0. The summed E-state index contributed by atoms with van der Waals surface area (Å²) in [4.78, 5) is 68.2. The third kappa shape index (κ3) is 18.6. The first kappa shape index (κ1) is 59.8. The van der Waals surface area contributed by atoms with Crippen LogP contribution in [0.1, 0.15) is 101 Å². The van der Waals surface area contributed by atoms with Gasteiger partial charge < -0.3 is 63.2 Å². The van der Waals surface area contributed by atoms with Crippen molar-refractivity contribution in [3.05, 3.63) is 136 Å². The molecule has 0 aromatic heterocycles. The number of amides is 2. The Morgan fingerprint density at radius 3 is 1.11 bits per heavy atom. The Bertz CT molecular complexity index is 2440. The van der Waals surface area contributed by atoms with Gasteiger partial charge in [-0.3, -0.25) is 9.59 Å². The fourth-order valence-corrected chi connectivity index (χ4v) is 8.25. The molecule has 5 rings (SSSR count). The van der Waals surface area contributed by atoms with Crippen LogP contribution in [0.25, 0.3) is 22.3 Å². The van der Waals surface area contributed by atoms with Crippen molar-refractivity contribution in [3.8, 4) is 39.5 Å². The summed E-state index contributed by atoms with van der Waals surface area (Å²) in [5.74, 6) is -5.02. The van der Waals surface area contributed by atoms with Crippen molar-refractivity contribution in [1.82, 2.24) is 9.80 Å². The Morgan fingerprint density at radius 2 is 0.767 bits per heavy atom. The maximum atomic E-state index is 14.2. The number of carboxylic acid groups (broad SMARTS) is 3. The zero-order valence-corrected chi connectivity index (χ0v) is 43.9. The van der Waals surface area contributed by atoms with Gasteiger partial charge in [-0.15, -0.1) is 0 Å². The van der Waals surface area contributed by atoms with Crippen molar-refractivity contribution in [2.75, 3.05) is 59.3 Å². The van der Waals surface area contributed by atoms with Gasteiger partial charge in [-0.1, -0.05) is 75.2 Å². The number of aliphatic carboxylic acids is 3. The van der Waals surface area contributed by atoms with Gasteiger partial charge in [0.15, 0.2) is 0 Å². The van der Waals surface area contributed by atoms with Gasteiger partial charge in [0.25, 0.3) is 11.8 Å². The van der Waals surface area contributed by atoms with Crippen molar-refractivity contribution in [3.63, 3.8) is 0 Å². The minimum absolute atomic E-state index is 0. The number of nitrogens with zero attached hydrogens (tertiary/aromatic N) is 2. The van der Waals surface area contributed by atoms with E-state index in [1.165, 1.54) is 0 Å². The van der Waals surface area contributed by atoms with Crippen molar-refractivity contribution in [2.24, 2.45) is 0 Å². The van der Waals surface area contributed by atoms with Gasteiger partial charge in [0.05, 0.1) is 17.9 Å². The van der Waals surface area contributed by atoms with Crippen molar-refractivity contribution in [2.45, 2.75) is 86.2 Å². The van der Waals surface area contributed by atoms with Crippen LogP contribution in [0.15, 0.2) is 97.1 Å². The number of rotatable bonds is 31. The van der Waals surface area contributed by atoms with Gasteiger partial charge >= 0.3 is 46.9 Å². The molecule has 0 aliphatic carbocycles. The van der Waals surface area contributed by atoms with Gasteiger partial charge in [0.1, 0.15) is 37.1 Å². The predicted octanol–water partition coefficient (Wildman–Crippen LogP) is 6.03. The molecule has 0 atom stereocenters. The second kappa shape index (κ2) is 31.1. The largest absolute Gasteiger partial charge is 3.00 e. The average molecular weight is 1160 g/mol. The first-order valence-corrected chi connectivity index (χ1v) is 24.4. The molecule has 2 amide bonds. The summed E-state index contributed by atoms with van der Waals surface area (Å²) in [6.45, 7) is 9.37. The molecule has 15 nitrogen and oxygen atoms in total. The number of hydrogen-bond acceptors (Lipinski definition) is 13. The fourth-order valence-electron chi connectivity index (χ4n) is 8.25. The van der Waals surface area contributed by atoms with Crippen LogP contribution >= 0.6 is 0 Å². The Labute approximate surface area is 467 Å². The predicted molar refractivity (Wildman–Crippen MR) is 266 cm³/mol. The molecule has 0 aliphatic rings. The third-order valence-corrected chi connectivity index (χ3v) is 11.5. The van der Waals surface area contributed by atoms with Gasteiger partial charge in [0.2, 0.25) is 0 Å². The average Bonchev–Trinajstić information content (AvgIpc) is 3.36. The number of benzene rings is 5. The second-order valence-electron chi connectivity index (χ2n) is 17.6. The molecule has 0 heterocycles. The van der Waals surface area contributed by atoms with E-state index in [1.54, 1.807) is 102 Å². The number of carbonyl (C=O) groups excluding carboxylic acids is 5. The minimum atomic E-state index is -1.55. The first-order chi connectivity index (χ1) is 34.7. The van der Waals surface area contributed by atoms with Crippen LogP contribution in [0.3, 0.4) is 0 Å². The van der Waals surface area contributed by atoms with E-state index in [0.717, 1.165) is 25.7 Å². The Balaban J connectivity index is 0.0000116. The normalized spacial score (nSPS) is 10.8. The molecule has 0 saturated carbocycles. The number of unbranched alkanes of at least 4 members (excludes halogenated alkanes) is 2. The second-order valence-corrected chi connectivity index (χ2v) is 17.6. The van der Waals surface area contributed by atoms with Gasteiger partial charge in [-0.05, 0) is 112 Å². The minimum Gasteiger partial charge on any atom is -0.546 e. The Kier molecular flexibility index (Phi) is 25.5. The van der Waals surface area contributed by atoms with E-state index in [0.29, 0.717) is 89.3 Å². The molecular weight excluding hydrogens is 1090 g/mol. The summed E-state index contributed by atoms with van der Waals surface area (Å²) >= 11 is 0. The molecule has 73 heavy (non-hydrogen) atoms. The SMILES string of the molecule is CCCCOCCCN(Cc1cc(C)cc(-c2cc(C)cc(-c3cc(C)cc(CN(CCCOCCCC)C(=O)c4ccccc4)c3OCC(=O)[O-])c2OCC(=O)[O-])c1OCC(=O)[O-])C(=O)c1ccccc1.[Yb+3]. The third-order valence-electron chi connectivity index (χ3n) is 11.5. The molecule has 5 aromatic carbocycles. The Hall–Kier alpha value is -5.71. The number of aryl methyl sites for hydroxylation is 3. The van der Waals surface area contributed by atoms with Crippen LogP contribution in [0.2, 0.25) is 0 Å². The Morgan fingerprint density at radius 1 is 0.452 bits per heavy atom. The molecule has 16 heteroatoms. The summed E-state index contributed by atoms with van der Waals surface area (Å²) in [6.07, 6.45) is 4.75. The van der Waals surface area contributed by atoms with Crippen LogP contribution in [-0.4, -0.2) is 98.9 Å². The maximum Gasteiger partial charge on any atom is 3.00 e. The molecule has 0 spiro atoms. The fraction of sp³-hybridized carbons (Fsp3) is 0.386. The molecule has 0 aliphatic heterocycles. The maximum absolute atomic E-state index is 14.2. The van der Waals surface area contributed by atoms with Crippen molar-refractivity contribution < 1.29 is 110 Å². The monoisotopic (exact) mass is 1160 g/mol. The molecule has 1 radical (unpaired) electrons. The van der Waals surface area contributed by atoms with E-state index in [4.69, 9.17) is 23.7 Å². The van der Waals surface area contributed by atoms with Crippen molar-refractivity contribution >= 4 is 29.7 Å². The number of carbonyl (C=O) groups is 5. The van der Waals surface area contributed by atoms with Gasteiger partial charge in [0, 0.05) is 97.1 Å². The van der Waals surface area contributed by atoms with Crippen LogP contribution in [-0.2, 0) is 36.9 Å². The van der Waals surface area contributed by atoms with Gasteiger partial charge in [-0.2, -0.15) is 0 Å². The zero-order chi connectivity index (χ0) is 52.0. The summed E-state index contributed by atoms with van der Waals surface area (Å²) in [5.41, 5.74) is 4.87. The van der Waals surface area contributed by atoms with E-state index >= 15 is 0 Å². The van der Waals surface area contributed by atoms with E-state index in [2.05, 4.69) is 13.8 Å². The molecule has 395 valence electrons. The van der Waals surface area contributed by atoms with E-state index in [-0.39, 0.29) is 113 Å². The molecule has 0 unspecified atom stereocenters. The summed E-state index contributed by atoms with van der Waals surface area (Å²) in [7, 11) is 0. The number of carboxylic acids is 3. The van der Waals surface area contributed by atoms with Crippen LogP contribution in [0, 0.1) is 67.7 Å². The first-order valence-electron chi connectivity index (χ1n) is 24.4. The van der Waals surface area contributed by atoms with E-state index < -0.39 is 37.7 Å². The molecule has 0 bridgehead atoms. The molecule has 0 N–H and O–H groups in total. The van der Waals surface area contributed by atoms with E-state index in [9.17, 15) is 39.3 Å². The topological polar surface area (TPSA) is 207 Å². The molecular formula is C57H65N2O13Yb. The molecule has 5 aromatic rings. The van der Waals surface area contributed by atoms with Crippen LogP contribution in [0.4, 0.5) is 0 Å². The summed E-state index contributed by atoms with van der Waals surface area (Å²) < 4.78 is 30.0. The van der Waals surface area contributed by atoms with Gasteiger partial charge in [-0.25, -0.2) is 0 Å². The summed E-state index contributed by atoms with van der Waals surface area (Å²) in [6, 6.07) is 28.0. The van der Waals surface area contributed by atoms with Crippen LogP contribution in [0.5, 0.6) is 17.2 Å². The quantitative estimate of drug-likeness (QED) is 0.0466. The van der Waals surface area contributed by atoms with Crippen LogP contribution < -0.4 is 29.5 Å². The molecule has 0 saturated heterocycles.